The zero-order chi connectivity index (χ0) is 7.44. The van der Waals surface area contributed by atoms with Gasteiger partial charge >= 0.3 is 65.1 Å². The van der Waals surface area contributed by atoms with Gasteiger partial charge < -0.3 is 13.1 Å². The summed E-state index contributed by atoms with van der Waals surface area (Å²) in [6, 6.07) is 0. The van der Waals surface area contributed by atoms with Crippen LogP contribution in [0.3, 0.4) is 0 Å². The van der Waals surface area contributed by atoms with Crippen molar-refractivity contribution in [3.8, 4) is 0 Å². The quantitative estimate of drug-likeness (QED) is 0.329. The third kappa shape index (κ3) is 14.7. The van der Waals surface area contributed by atoms with E-state index >= 15 is 0 Å². The van der Waals surface area contributed by atoms with E-state index < -0.39 is 23.6 Å². The van der Waals surface area contributed by atoms with Gasteiger partial charge in [0, 0.05) is 22.4 Å². The number of carboxylic acid groups (broad SMARTS) is 1. The molecule has 0 aromatic rings. The summed E-state index contributed by atoms with van der Waals surface area (Å²) < 4.78 is 0. The largest absolute Gasteiger partial charge is 1.00 e. The van der Waals surface area contributed by atoms with Crippen LogP contribution in [0.2, 0.25) is 0 Å². The molecule has 0 aromatic carbocycles. The summed E-state index contributed by atoms with van der Waals surface area (Å²) in [5, 5.41) is 15.7. The molecule has 8 heteroatoms. The third-order valence-electron chi connectivity index (χ3n) is 0.653. The van der Waals surface area contributed by atoms with E-state index in [1.165, 1.54) is 0 Å². The molecule has 0 aromatic heterocycles. The third-order valence-corrected chi connectivity index (χ3v) is 0.951. The van der Waals surface area contributed by atoms with Gasteiger partial charge in [-0.25, -0.2) is 0 Å². The summed E-state index contributed by atoms with van der Waals surface area (Å²) in [6.45, 7) is 0. The van der Waals surface area contributed by atoms with E-state index in [4.69, 9.17) is 10.2 Å². The molecule has 0 saturated heterocycles. The van der Waals surface area contributed by atoms with E-state index in [0.29, 0.717) is 0 Å². The van der Waals surface area contributed by atoms with Crippen LogP contribution in [0.25, 0.3) is 0 Å². The predicted octanol–water partition coefficient (Wildman–Crippen LogP) is -6.49. The number of thiol groups is 1. The van der Waals surface area contributed by atoms with Crippen LogP contribution in [0.4, 0.5) is 0 Å². The van der Waals surface area contributed by atoms with Gasteiger partial charge in [0.25, 0.3) is 0 Å². The summed E-state index contributed by atoms with van der Waals surface area (Å²) >= 11 is 3.22. The first kappa shape index (κ1) is 23.8. The molecule has 0 amide bonds. The first-order valence-electron chi connectivity index (χ1n) is 2.16. The van der Waals surface area contributed by atoms with Gasteiger partial charge in [-0.1, -0.05) is 0 Å². The minimum atomic E-state index is -1.48. The molecule has 1 radical (unpaired) electrons. The fraction of sp³-hybridized carbons (Fsp3) is 0.500. The second kappa shape index (κ2) is 13.2. The molecule has 0 aliphatic carbocycles. The number of carbonyl (C=O) groups excluding carboxylic acids is 1. The van der Waals surface area contributed by atoms with Crippen LogP contribution in [0.15, 0.2) is 0 Å². The van der Waals surface area contributed by atoms with Gasteiger partial charge in [-0.15, -0.1) is 12.6 Å². The molecule has 0 heterocycles. The normalized spacial score (nSPS) is 9.50. The van der Waals surface area contributed by atoms with E-state index in [1.54, 1.807) is 0 Å². The van der Waals surface area contributed by atoms with Crippen molar-refractivity contribution in [3.05, 3.63) is 0 Å². The predicted molar refractivity (Wildman–Crippen MR) is 34.5 cm³/mol. The maximum atomic E-state index is 10.0. The average molecular weight is 395 g/mol. The molecule has 0 aliphatic heterocycles. The smallest absolute Gasteiger partial charge is 1.00 e. The Hall–Kier alpha value is 2.19. The fourth-order valence-electron chi connectivity index (χ4n) is 0.253. The Balaban J connectivity index is -0.0000000320. The second-order valence-corrected chi connectivity index (χ2v) is 1.89. The van der Waals surface area contributed by atoms with Crippen LogP contribution in [0, 0.1) is 0 Å². The molecule has 2 N–H and O–H groups in total. The molecular formula is C4H8AuNa2O4S. The van der Waals surface area contributed by atoms with Crippen molar-refractivity contribution in [2.45, 2.75) is 12.5 Å². The molecule has 0 bridgehead atoms. The summed E-state index contributed by atoms with van der Waals surface area (Å²) in [4.78, 5) is 19.8. The first-order valence-corrected chi connectivity index (χ1v) is 2.61. The van der Waals surface area contributed by atoms with E-state index in [1.807, 2.05) is 0 Å². The summed E-state index contributed by atoms with van der Waals surface area (Å²) in [7, 11) is 0. The molecule has 4 nitrogen and oxygen atoms in total. The Labute approximate surface area is 138 Å². The zero-order valence-electron chi connectivity index (χ0n) is 8.74. The Morgan fingerprint density at radius 2 is 1.75 bits per heavy atom. The topological polar surface area (TPSA) is 74.6 Å². The summed E-state index contributed by atoms with van der Waals surface area (Å²) in [5.41, 5.74) is 0. The summed E-state index contributed by atoms with van der Waals surface area (Å²) in [6.07, 6.45) is -2.06. The monoisotopic (exact) mass is 395 g/mol. The number of hydrogen-bond donors (Lipinski definition) is 3. The molecule has 1 atom stereocenters. The maximum Gasteiger partial charge on any atom is 1.00 e. The van der Waals surface area contributed by atoms with Crippen LogP contribution < -0.4 is 59.1 Å². The number of hydrogen-bond acceptors (Lipinski definition) is 3. The van der Waals surface area contributed by atoms with Crippen molar-refractivity contribution < 1.29 is 104 Å². The van der Waals surface area contributed by atoms with Crippen molar-refractivity contribution in [1.82, 2.24) is 0 Å². The fourth-order valence-corrected chi connectivity index (χ4v) is 0.344. The standard InChI is InChI=1S/C4H6O4S.Au.2Na.2H/c5-2(4(8)9)1-3(6)7;;;;;/h2,5H,1H2,(H,6,7)(H,8,9);;;;;/q;;2*+1;2*-1. The van der Waals surface area contributed by atoms with E-state index in [9.17, 15) is 9.59 Å². The number of carbonyl (C=O) groups is 2. The molecule has 12 heavy (non-hydrogen) atoms. The van der Waals surface area contributed by atoms with E-state index in [2.05, 4.69) is 12.6 Å². The Morgan fingerprint density at radius 3 is 1.83 bits per heavy atom. The Bertz CT molecular complexity index is 153. The minimum Gasteiger partial charge on any atom is -1.00 e. The molecular weight excluding hydrogens is 387 g/mol. The number of rotatable bonds is 3. The van der Waals surface area contributed by atoms with Crippen molar-refractivity contribution in [1.29, 1.82) is 0 Å². The Morgan fingerprint density at radius 1 is 1.42 bits per heavy atom. The SMILES string of the molecule is O=C(O)CC(O)C(=O)S.[Au].[H-].[H-].[Na+].[Na+]. The molecule has 0 fully saturated rings. The van der Waals surface area contributed by atoms with Gasteiger partial charge in [0.15, 0.2) is 0 Å². The molecule has 67 valence electrons. The minimum absolute atomic E-state index is 0. The van der Waals surface area contributed by atoms with Crippen molar-refractivity contribution in [3.63, 3.8) is 0 Å². The van der Waals surface area contributed by atoms with E-state index in [-0.39, 0.29) is 84.3 Å². The van der Waals surface area contributed by atoms with Gasteiger partial charge in [-0.3, -0.25) is 9.59 Å². The van der Waals surface area contributed by atoms with Gasteiger partial charge in [-0.2, -0.15) is 0 Å². The van der Waals surface area contributed by atoms with Crippen LogP contribution in [0.5, 0.6) is 0 Å². The van der Waals surface area contributed by atoms with Crippen LogP contribution in [-0.2, 0) is 32.0 Å². The second-order valence-electron chi connectivity index (χ2n) is 1.45. The van der Waals surface area contributed by atoms with Crippen LogP contribution >= 0.6 is 12.6 Å². The van der Waals surface area contributed by atoms with Gasteiger partial charge in [0.2, 0.25) is 5.12 Å². The molecule has 0 rings (SSSR count). The summed E-state index contributed by atoms with van der Waals surface area (Å²) in [5.74, 6) is -1.22. The van der Waals surface area contributed by atoms with Crippen molar-refractivity contribution in [2.75, 3.05) is 0 Å². The Kier molecular flexibility index (Phi) is 26.1. The zero-order valence-corrected chi connectivity index (χ0v) is 13.8. The molecule has 0 spiro atoms. The van der Waals surface area contributed by atoms with Gasteiger partial charge in [0.1, 0.15) is 6.10 Å². The number of aliphatic carboxylic acids is 1. The van der Waals surface area contributed by atoms with Gasteiger partial charge in [-0.05, 0) is 0 Å². The molecule has 0 saturated carbocycles. The van der Waals surface area contributed by atoms with Crippen molar-refractivity contribution >= 4 is 23.7 Å². The van der Waals surface area contributed by atoms with Crippen LogP contribution in [0.1, 0.15) is 9.27 Å². The number of carboxylic acids is 1. The average Bonchev–Trinajstić information content (AvgIpc) is 1.63. The van der Waals surface area contributed by atoms with Gasteiger partial charge in [0.05, 0.1) is 6.42 Å². The molecule has 0 aliphatic rings. The van der Waals surface area contributed by atoms with E-state index in [0.717, 1.165) is 0 Å². The number of aliphatic hydroxyl groups is 1. The van der Waals surface area contributed by atoms with Crippen molar-refractivity contribution in [2.24, 2.45) is 0 Å². The maximum absolute atomic E-state index is 10.0. The number of aliphatic hydroxyl groups excluding tert-OH is 1. The van der Waals surface area contributed by atoms with Crippen LogP contribution in [-0.4, -0.2) is 27.4 Å². The first-order chi connectivity index (χ1) is 4.04. The molecule has 1 unspecified atom stereocenters.